The molecule has 0 radical (unpaired) electrons. The predicted octanol–water partition coefficient (Wildman–Crippen LogP) is 2.06. The average Bonchev–Trinajstić information content (AvgIpc) is 2.34. The van der Waals surface area contributed by atoms with E-state index in [0.29, 0.717) is 5.92 Å². The molecule has 0 spiro atoms. The number of rotatable bonds is 4. The van der Waals surface area contributed by atoms with Gasteiger partial charge in [0, 0.05) is 25.4 Å². The summed E-state index contributed by atoms with van der Waals surface area (Å²) in [5.41, 5.74) is 0. The molecule has 0 aliphatic carbocycles. The van der Waals surface area contributed by atoms with E-state index in [1.807, 2.05) is 0 Å². The molecule has 1 fully saturated rings. The summed E-state index contributed by atoms with van der Waals surface area (Å²) in [5, 5.41) is 0. The number of likely N-dealkylation sites (N-methyl/N-ethyl adjacent to an activating group) is 1. The second kappa shape index (κ2) is 7.70. The summed E-state index contributed by atoms with van der Waals surface area (Å²) in [6, 6.07) is 0. The Morgan fingerprint density at radius 1 is 1.25 bits per heavy atom. The standard InChI is InChI=1S/C14H26N2/c1-4-6-7-14-8-10-16(11-9-14)13-12-15(3)5-2/h14H,4-5,8-13H2,1-3H3. The second-order valence-corrected chi connectivity index (χ2v) is 4.69. The van der Waals surface area contributed by atoms with E-state index in [2.05, 4.69) is 42.5 Å². The summed E-state index contributed by atoms with van der Waals surface area (Å²) in [7, 11) is 2.19. The van der Waals surface area contributed by atoms with Gasteiger partial charge in [0.25, 0.3) is 0 Å². The van der Waals surface area contributed by atoms with Crippen molar-refractivity contribution in [3.05, 3.63) is 0 Å². The number of piperidine rings is 1. The number of likely N-dealkylation sites (tertiary alicyclic amines) is 1. The summed E-state index contributed by atoms with van der Waals surface area (Å²) in [4.78, 5) is 4.96. The highest BCUT2D eigenvalue weighted by atomic mass is 15.2. The van der Waals surface area contributed by atoms with E-state index in [9.17, 15) is 0 Å². The normalized spacial score (nSPS) is 18.5. The molecule has 2 nitrogen and oxygen atoms in total. The van der Waals surface area contributed by atoms with Crippen molar-refractivity contribution in [2.24, 2.45) is 5.92 Å². The Balaban J connectivity index is 2.17. The molecule has 0 aromatic carbocycles. The summed E-state index contributed by atoms with van der Waals surface area (Å²) in [6.45, 7) is 10.4. The first-order chi connectivity index (χ1) is 7.76. The molecule has 1 saturated heterocycles. The minimum Gasteiger partial charge on any atom is -0.305 e. The highest BCUT2D eigenvalue weighted by Crippen LogP contribution is 2.15. The Morgan fingerprint density at radius 2 is 1.94 bits per heavy atom. The van der Waals surface area contributed by atoms with Crippen molar-refractivity contribution in [1.82, 2.24) is 9.80 Å². The maximum Gasteiger partial charge on any atom is 0.0227 e. The zero-order chi connectivity index (χ0) is 11.8. The third-order valence-electron chi connectivity index (χ3n) is 3.41. The second-order valence-electron chi connectivity index (χ2n) is 4.69. The van der Waals surface area contributed by atoms with Crippen LogP contribution in [0.3, 0.4) is 0 Å². The lowest BCUT2D eigenvalue weighted by atomic mass is 9.97. The quantitative estimate of drug-likeness (QED) is 0.672. The van der Waals surface area contributed by atoms with Crippen LogP contribution in [0.5, 0.6) is 0 Å². The van der Waals surface area contributed by atoms with E-state index in [0.717, 1.165) is 13.0 Å². The van der Waals surface area contributed by atoms with Gasteiger partial charge in [-0.25, -0.2) is 0 Å². The van der Waals surface area contributed by atoms with Crippen LogP contribution >= 0.6 is 0 Å². The minimum absolute atomic E-state index is 0.667. The number of hydrogen-bond donors (Lipinski definition) is 0. The van der Waals surface area contributed by atoms with Crippen molar-refractivity contribution in [2.45, 2.75) is 33.1 Å². The van der Waals surface area contributed by atoms with Gasteiger partial charge in [0.1, 0.15) is 0 Å². The van der Waals surface area contributed by atoms with E-state index in [1.54, 1.807) is 0 Å². The molecule has 0 bridgehead atoms. The monoisotopic (exact) mass is 222 g/mol. The Morgan fingerprint density at radius 3 is 2.50 bits per heavy atom. The summed E-state index contributed by atoms with van der Waals surface area (Å²) in [5.74, 6) is 7.26. The molecule has 1 aliphatic heterocycles. The van der Waals surface area contributed by atoms with Gasteiger partial charge in [-0.05, 0) is 39.5 Å². The van der Waals surface area contributed by atoms with Gasteiger partial charge < -0.3 is 9.80 Å². The van der Waals surface area contributed by atoms with E-state index >= 15 is 0 Å². The number of hydrogen-bond acceptors (Lipinski definition) is 2. The summed E-state index contributed by atoms with van der Waals surface area (Å²) in [6.07, 6.45) is 3.53. The molecule has 16 heavy (non-hydrogen) atoms. The first-order valence-electron chi connectivity index (χ1n) is 6.65. The maximum absolute atomic E-state index is 3.38. The van der Waals surface area contributed by atoms with Crippen molar-refractivity contribution in [3.8, 4) is 11.8 Å². The molecule has 1 rings (SSSR count). The molecular weight excluding hydrogens is 196 g/mol. The van der Waals surface area contributed by atoms with E-state index in [1.165, 1.54) is 39.0 Å². The van der Waals surface area contributed by atoms with Gasteiger partial charge in [-0.1, -0.05) is 19.8 Å². The molecule has 0 amide bonds. The molecule has 92 valence electrons. The molecule has 0 unspecified atom stereocenters. The van der Waals surface area contributed by atoms with Crippen LogP contribution in [0, 0.1) is 17.8 Å². The fourth-order valence-electron chi connectivity index (χ4n) is 2.02. The van der Waals surface area contributed by atoms with Crippen LogP contribution in [0.15, 0.2) is 0 Å². The van der Waals surface area contributed by atoms with Gasteiger partial charge in [0.15, 0.2) is 0 Å². The molecule has 0 saturated carbocycles. The zero-order valence-corrected chi connectivity index (χ0v) is 11.1. The smallest absolute Gasteiger partial charge is 0.0227 e. The predicted molar refractivity (Wildman–Crippen MR) is 70.4 cm³/mol. The molecule has 0 aromatic rings. The SMILES string of the molecule is CCC#CC1CCN(CCN(C)CC)CC1. The molecular formula is C14H26N2. The first-order valence-corrected chi connectivity index (χ1v) is 6.65. The largest absolute Gasteiger partial charge is 0.305 e. The van der Waals surface area contributed by atoms with Crippen LogP contribution in [0.2, 0.25) is 0 Å². The van der Waals surface area contributed by atoms with Gasteiger partial charge in [0.2, 0.25) is 0 Å². The minimum atomic E-state index is 0.667. The van der Waals surface area contributed by atoms with Gasteiger partial charge in [-0.2, -0.15) is 0 Å². The fraction of sp³-hybridized carbons (Fsp3) is 0.857. The van der Waals surface area contributed by atoms with Gasteiger partial charge in [0.05, 0.1) is 0 Å². The number of nitrogens with zero attached hydrogens (tertiary/aromatic N) is 2. The topological polar surface area (TPSA) is 6.48 Å². The molecule has 0 N–H and O–H groups in total. The van der Waals surface area contributed by atoms with Crippen LogP contribution in [-0.4, -0.2) is 49.6 Å². The lowest BCUT2D eigenvalue weighted by Crippen LogP contribution is -2.38. The van der Waals surface area contributed by atoms with E-state index in [-0.39, 0.29) is 0 Å². The van der Waals surface area contributed by atoms with Crippen molar-refractivity contribution in [3.63, 3.8) is 0 Å². The molecule has 1 aliphatic rings. The van der Waals surface area contributed by atoms with E-state index in [4.69, 9.17) is 0 Å². The highest BCUT2D eigenvalue weighted by Gasteiger charge is 2.17. The third kappa shape index (κ3) is 5.01. The molecule has 0 atom stereocenters. The Labute approximate surface area is 101 Å². The van der Waals surface area contributed by atoms with Crippen molar-refractivity contribution >= 4 is 0 Å². The zero-order valence-electron chi connectivity index (χ0n) is 11.1. The van der Waals surface area contributed by atoms with Crippen LogP contribution < -0.4 is 0 Å². The third-order valence-corrected chi connectivity index (χ3v) is 3.41. The van der Waals surface area contributed by atoms with Gasteiger partial charge in [-0.15, -0.1) is 5.92 Å². The molecule has 2 heteroatoms. The molecule has 1 heterocycles. The first kappa shape index (κ1) is 13.5. The van der Waals surface area contributed by atoms with E-state index < -0.39 is 0 Å². The van der Waals surface area contributed by atoms with Crippen molar-refractivity contribution < 1.29 is 0 Å². The van der Waals surface area contributed by atoms with Crippen LogP contribution in [-0.2, 0) is 0 Å². The summed E-state index contributed by atoms with van der Waals surface area (Å²) >= 11 is 0. The Hall–Kier alpha value is -0.520. The van der Waals surface area contributed by atoms with Crippen LogP contribution in [0.4, 0.5) is 0 Å². The van der Waals surface area contributed by atoms with Gasteiger partial charge >= 0.3 is 0 Å². The van der Waals surface area contributed by atoms with Crippen molar-refractivity contribution in [2.75, 3.05) is 39.8 Å². The average molecular weight is 222 g/mol. The Kier molecular flexibility index (Phi) is 6.52. The summed E-state index contributed by atoms with van der Waals surface area (Å²) < 4.78 is 0. The van der Waals surface area contributed by atoms with Gasteiger partial charge in [-0.3, -0.25) is 0 Å². The van der Waals surface area contributed by atoms with Crippen LogP contribution in [0.1, 0.15) is 33.1 Å². The maximum atomic E-state index is 3.38. The fourth-order valence-corrected chi connectivity index (χ4v) is 2.02. The molecule has 0 aromatic heterocycles. The Bertz CT molecular complexity index is 231. The lowest BCUT2D eigenvalue weighted by Gasteiger charge is -2.30. The van der Waals surface area contributed by atoms with Crippen molar-refractivity contribution in [1.29, 1.82) is 0 Å². The highest BCUT2D eigenvalue weighted by molar-refractivity contribution is 5.04. The lowest BCUT2D eigenvalue weighted by molar-refractivity contribution is 0.183. The van der Waals surface area contributed by atoms with Crippen LogP contribution in [0.25, 0.3) is 0 Å².